The molecule has 0 radical (unpaired) electrons. The molecule has 2 rings (SSSR count). The standard InChI is InChI=1S/C22H21NO8S/c1-3-27-21(25)30-18-8-7-15(13-19(18)31-22(26)28-4-2)12-16(14-23)20(24)29-10-9-17-6-5-11-32-17/h5-8,11-13H,3-4,9-10H2,1-2H3. The molecular formula is C22H21NO8S. The Kier molecular flexibility index (Phi) is 9.74. The Morgan fingerprint density at radius 1 is 1.00 bits per heavy atom. The molecule has 1 aromatic carbocycles. The van der Waals surface area contributed by atoms with E-state index in [2.05, 4.69) is 0 Å². The maximum Gasteiger partial charge on any atom is 0.513 e. The van der Waals surface area contributed by atoms with E-state index >= 15 is 0 Å². The molecule has 0 saturated carbocycles. The monoisotopic (exact) mass is 459 g/mol. The van der Waals surface area contributed by atoms with Crippen LogP contribution < -0.4 is 9.47 Å². The van der Waals surface area contributed by atoms with E-state index in [-0.39, 0.29) is 36.9 Å². The van der Waals surface area contributed by atoms with E-state index in [0.717, 1.165) is 4.88 Å². The molecule has 32 heavy (non-hydrogen) atoms. The summed E-state index contributed by atoms with van der Waals surface area (Å²) in [5.74, 6) is -1.05. The minimum atomic E-state index is -1.02. The molecule has 9 nitrogen and oxygen atoms in total. The fraction of sp³-hybridized carbons (Fsp3) is 0.273. The van der Waals surface area contributed by atoms with Crippen molar-refractivity contribution in [3.63, 3.8) is 0 Å². The molecule has 10 heteroatoms. The molecule has 0 saturated heterocycles. The Balaban J connectivity index is 2.18. The van der Waals surface area contributed by atoms with Crippen molar-refractivity contribution >= 4 is 35.7 Å². The Labute approximate surface area is 188 Å². The second kappa shape index (κ2) is 12.8. The third-order valence-electron chi connectivity index (χ3n) is 3.69. The van der Waals surface area contributed by atoms with Gasteiger partial charge in [-0.3, -0.25) is 0 Å². The molecule has 0 aliphatic rings. The van der Waals surface area contributed by atoms with E-state index in [1.165, 1.54) is 24.3 Å². The number of ether oxygens (including phenoxy) is 5. The third-order valence-corrected chi connectivity index (χ3v) is 4.63. The average Bonchev–Trinajstić information content (AvgIpc) is 3.27. The molecule has 0 aliphatic carbocycles. The van der Waals surface area contributed by atoms with E-state index in [9.17, 15) is 19.6 Å². The number of hydrogen-bond donors (Lipinski definition) is 0. The lowest BCUT2D eigenvalue weighted by atomic mass is 10.1. The number of esters is 1. The molecule has 0 unspecified atom stereocenters. The van der Waals surface area contributed by atoms with Gasteiger partial charge in [-0.2, -0.15) is 5.26 Å². The van der Waals surface area contributed by atoms with Crippen molar-refractivity contribution in [1.29, 1.82) is 5.26 Å². The summed E-state index contributed by atoms with van der Waals surface area (Å²) in [4.78, 5) is 36.7. The first-order valence-electron chi connectivity index (χ1n) is 9.61. The average molecular weight is 459 g/mol. The van der Waals surface area contributed by atoms with Crippen LogP contribution in [0.4, 0.5) is 9.59 Å². The van der Waals surface area contributed by atoms with Crippen LogP contribution in [0.5, 0.6) is 11.5 Å². The first kappa shape index (κ1) is 24.4. The van der Waals surface area contributed by atoms with E-state index in [1.54, 1.807) is 31.3 Å². The Morgan fingerprint density at radius 2 is 1.69 bits per heavy atom. The maximum absolute atomic E-state index is 12.2. The SMILES string of the molecule is CCOC(=O)Oc1ccc(C=C(C#N)C(=O)OCCc2cccs2)cc1OC(=O)OCC. The predicted octanol–water partition coefficient (Wildman–Crippen LogP) is 4.51. The van der Waals surface area contributed by atoms with Crippen LogP contribution in [0.1, 0.15) is 24.3 Å². The maximum atomic E-state index is 12.2. The zero-order valence-corrected chi connectivity index (χ0v) is 18.3. The number of thiophene rings is 1. The molecule has 168 valence electrons. The summed E-state index contributed by atoms with van der Waals surface area (Å²) in [5.41, 5.74) is 0.0737. The number of nitriles is 1. The van der Waals surface area contributed by atoms with E-state index < -0.39 is 18.3 Å². The topological polar surface area (TPSA) is 121 Å². The van der Waals surface area contributed by atoms with Gasteiger partial charge < -0.3 is 23.7 Å². The smallest absolute Gasteiger partial charge is 0.461 e. The van der Waals surface area contributed by atoms with Crippen molar-refractivity contribution in [2.24, 2.45) is 0 Å². The summed E-state index contributed by atoms with van der Waals surface area (Å²) in [6.45, 7) is 3.49. The number of nitrogens with zero attached hydrogens (tertiary/aromatic N) is 1. The third kappa shape index (κ3) is 7.77. The van der Waals surface area contributed by atoms with Gasteiger partial charge in [0.1, 0.15) is 11.6 Å². The molecule has 0 spiro atoms. The van der Waals surface area contributed by atoms with Gasteiger partial charge in [0.05, 0.1) is 19.8 Å². The lowest BCUT2D eigenvalue weighted by Crippen LogP contribution is -2.14. The summed E-state index contributed by atoms with van der Waals surface area (Å²) >= 11 is 1.54. The van der Waals surface area contributed by atoms with Crippen LogP contribution >= 0.6 is 11.3 Å². The van der Waals surface area contributed by atoms with Crippen LogP contribution in [-0.4, -0.2) is 38.1 Å². The number of rotatable bonds is 9. The van der Waals surface area contributed by atoms with E-state index in [0.29, 0.717) is 12.0 Å². The summed E-state index contributed by atoms with van der Waals surface area (Å²) in [6, 6.07) is 9.70. The van der Waals surface area contributed by atoms with Gasteiger partial charge in [-0.25, -0.2) is 14.4 Å². The first-order valence-corrected chi connectivity index (χ1v) is 10.5. The van der Waals surface area contributed by atoms with Crippen molar-refractivity contribution in [2.45, 2.75) is 20.3 Å². The van der Waals surface area contributed by atoms with Crippen LogP contribution in [-0.2, 0) is 25.4 Å². The zero-order chi connectivity index (χ0) is 23.3. The normalized spacial score (nSPS) is 10.6. The quantitative estimate of drug-likeness (QED) is 0.175. The largest absolute Gasteiger partial charge is 0.513 e. The van der Waals surface area contributed by atoms with Crippen LogP contribution in [0.25, 0.3) is 6.08 Å². The molecule has 0 N–H and O–H groups in total. The number of hydrogen-bond acceptors (Lipinski definition) is 10. The molecule has 0 atom stereocenters. The molecule has 1 aromatic heterocycles. The highest BCUT2D eigenvalue weighted by Gasteiger charge is 2.17. The van der Waals surface area contributed by atoms with Crippen LogP contribution in [0.3, 0.4) is 0 Å². The lowest BCUT2D eigenvalue weighted by Gasteiger charge is -2.11. The van der Waals surface area contributed by atoms with Gasteiger partial charge in [0.15, 0.2) is 11.5 Å². The second-order valence-corrected chi connectivity index (χ2v) is 6.94. The van der Waals surface area contributed by atoms with Crippen molar-refractivity contribution in [1.82, 2.24) is 0 Å². The summed E-state index contributed by atoms with van der Waals surface area (Å²) in [6.07, 6.45) is -0.202. The zero-order valence-electron chi connectivity index (χ0n) is 17.5. The molecule has 0 aliphatic heterocycles. The van der Waals surface area contributed by atoms with Gasteiger partial charge in [-0.05, 0) is 49.1 Å². The van der Waals surface area contributed by atoms with E-state index in [4.69, 9.17) is 23.7 Å². The van der Waals surface area contributed by atoms with Gasteiger partial charge in [0.2, 0.25) is 0 Å². The van der Waals surface area contributed by atoms with E-state index in [1.807, 2.05) is 17.5 Å². The Hall–Kier alpha value is -3.84. The van der Waals surface area contributed by atoms with Crippen molar-refractivity contribution in [3.8, 4) is 17.6 Å². The van der Waals surface area contributed by atoms with Crippen LogP contribution in [0, 0.1) is 11.3 Å². The van der Waals surface area contributed by atoms with Crippen molar-refractivity contribution in [2.75, 3.05) is 19.8 Å². The summed E-state index contributed by atoms with van der Waals surface area (Å²) in [7, 11) is 0. The van der Waals surface area contributed by atoms with Gasteiger partial charge >= 0.3 is 18.3 Å². The van der Waals surface area contributed by atoms with Crippen molar-refractivity contribution in [3.05, 3.63) is 51.7 Å². The molecule has 2 aromatic rings. The Morgan fingerprint density at radius 3 is 2.28 bits per heavy atom. The molecule has 0 fully saturated rings. The predicted molar refractivity (Wildman–Crippen MR) is 114 cm³/mol. The van der Waals surface area contributed by atoms with Gasteiger partial charge in [-0.1, -0.05) is 12.1 Å². The summed E-state index contributed by atoms with van der Waals surface area (Å²) in [5, 5.41) is 11.3. The lowest BCUT2D eigenvalue weighted by molar-refractivity contribution is -0.138. The van der Waals surface area contributed by atoms with Gasteiger partial charge in [0, 0.05) is 11.3 Å². The number of carbonyl (C=O) groups excluding carboxylic acids is 3. The highest BCUT2D eigenvalue weighted by molar-refractivity contribution is 7.09. The number of benzene rings is 1. The second-order valence-electron chi connectivity index (χ2n) is 5.91. The molecular weight excluding hydrogens is 438 g/mol. The minimum Gasteiger partial charge on any atom is -0.461 e. The summed E-state index contributed by atoms with van der Waals surface area (Å²) < 4.78 is 24.7. The Bertz CT molecular complexity index is 1010. The number of carbonyl (C=O) groups is 3. The molecule has 0 bridgehead atoms. The highest BCUT2D eigenvalue weighted by Crippen LogP contribution is 2.30. The first-order chi connectivity index (χ1) is 15.5. The fourth-order valence-electron chi connectivity index (χ4n) is 2.33. The van der Waals surface area contributed by atoms with Crippen molar-refractivity contribution < 1.29 is 38.1 Å². The molecule has 0 amide bonds. The van der Waals surface area contributed by atoms with Gasteiger partial charge in [0.25, 0.3) is 0 Å². The van der Waals surface area contributed by atoms with Crippen LogP contribution in [0.15, 0.2) is 41.3 Å². The highest BCUT2D eigenvalue weighted by atomic mass is 32.1. The fourth-order valence-corrected chi connectivity index (χ4v) is 3.02. The van der Waals surface area contributed by atoms with Gasteiger partial charge in [-0.15, -0.1) is 11.3 Å². The molecule has 1 heterocycles. The minimum absolute atomic E-state index is 0.0718. The van der Waals surface area contributed by atoms with Crippen LogP contribution in [0.2, 0.25) is 0 Å².